The van der Waals surface area contributed by atoms with Crippen molar-refractivity contribution in [1.82, 2.24) is 20.1 Å². The Morgan fingerprint density at radius 1 is 1.33 bits per heavy atom. The number of hydrogen-bond acceptors (Lipinski definition) is 4. The van der Waals surface area contributed by atoms with Crippen LogP contribution >= 0.6 is 0 Å². The van der Waals surface area contributed by atoms with Crippen LogP contribution in [0.2, 0.25) is 0 Å². The summed E-state index contributed by atoms with van der Waals surface area (Å²) in [6, 6.07) is 2.83. The van der Waals surface area contributed by atoms with Crippen LogP contribution in [0, 0.1) is 0 Å². The summed E-state index contributed by atoms with van der Waals surface area (Å²) in [6.07, 6.45) is -3.06. The maximum atomic E-state index is 12.1. The lowest BCUT2D eigenvalue weighted by Gasteiger charge is -2.34. The van der Waals surface area contributed by atoms with Crippen LogP contribution in [0.5, 0.6) is 5.88 Å². The average Bonchev–Trinajstić information content (AvgIpc) is 2.58. The molecule has 0 bridgehead atoms. The van der Waals surface area contributed by atoms with Gasteiger partial charge in [0, 0.05) is 45.0 Å². The van der Waals surface area contributed by atoms with Crippen molar-refractivity contribution in [2.24, 2.45) is 0 Å². The Morgan fingerprint density at radius 2 is 2.04 bits per heavy atom. The van der Waals surface area contributed by atoms with Crippen LogP contribution in [0.4, 0.5) is 18.0 Å². The van der Waals surface area contributed by atoms with Crippen LogP contribution in [-0.4, -0.2) is 66.3 Å². The third-order valence-electron chi connectivity index (χ3n) is 3.73. The van der Waals surface area contributed by atoms with Crippen molar-refractivity contribution in [3.8, 4) is 5.88 Å². The number of carbonyl (C=O) groups excluding carboxylic acids is 1. The second kappa shape index (κ2) is 8.18. The molecule has 1 aliphatic rings. The fraction of sp³-hybridized carbons (Fsp3) is 0.600. The summed E-state index contributed by atoms with van der Waals surface area (Å²) in [6.45, 7) is 4.87. The molecule has 9 heteroatoms. The quantitative estimate of drug-likeness (QED) is 0.884. The van der Waals surface area contributed by atoms with E-state index in [2.05, 4.69) is 26.9 Å². The zero-order valence-electron chi connectivity index (χ0n) is 13.5. The van der Waals surface area contributed by atoms with E-state index in [1.807, 2.05) is 0 Å². The SMILES string of the molecule is CCN1CCN(C(=O)NCc2ccnc(OCC(F)(F)F)c2)CC1. The monoisotopic (exact) mass is 346 g/mol. The molecule has 0 atom stereocenters. The summed E-state index contributed by atoms with van der Waals surface area (Å²) < 4.78 is 41.0. The molecular formula is C15H21F3N4O2. The fourth-order valence-electron chi connectivity index (χ4n) is 2.35. The van der Waals surface area contributed by atoms with Gasteiger partial charge in [0.05, 0.1) is 0 Å². The number of piperazine rings is 1. The maximum Gasteiger partial charge on any atom is 0.422 e. The lowest BCUT2D eigenvalue weighted by Crippen LogP contribution is -2.51. The van der Waals surface area contributed by atoms with E-state index in [1.165, 1.54) is 12.3 Å². The minimum atomic E-state index is -4.41. The number of ether oxygens (including phenoxy) is 1. The van der Waals surface area contributed by atoms with Gasteiger partial charge in [-0.2, -0.15) is 13.2 Å². The molecule has 0 aromatic carbocycles. The first-order valence-electron chi connectivity index (χ1n) is 7.77. The van der Waals surface area contributed by atoms with Gasteiger partial charge in [-0.1, -0.05) is 6.92 Å². The van der Waals surface area contributed by atoms with Gasteiger partial charge < -0.3 is 19.9 Å². The number of urea groups is 1. The van der Waals surface area contributed by atoms with E-state index < -0.39 is 12.8 Å². The molecule has 0 unspecified atom stereocenters. The third-order valence-corrected chi connectivity index (χ3v) is 3.73. The molecule has 0 aliphatic carbocycles. The van der Waals surface area contributed by atoms with Crippen LogP contribution in [0.1, 0.15) is 12.5 Å². The van der Waals surface area contributed by atoms with Gasteiger partial charge in [0.25, 0.3) is 0 Å². The normalized spacial score (nSPS) is 16.1. The highest BCUT2D eigenvalue weighted by atomic mass is 19.4. The smallest absolute Gasteiger partial charge is 0.422 e. The number of pyridine rings is 1. The summed E-state index contributed by atoms with van der Waals surface area (Å²) in [5.41, 5.74) is 0.628. The third kappa shape index (κ3) is 5.88. The van der Waals surface area contributed by atoms with Crippen LogP contribution in [-0.2, 0) is 6.54 Å². The highest BCUT2D eigenvalue weighted by Gasteiger charge is 2.28. The summed E-state index contributed by atoms with van der Waals surface area (Å²) in [7, 11) is 0. The first-order valence-corrected chi connectivity index (χ1v) is 7.77. The van der Waals surface area contributed by atoms with Crippen molar-refractivity contribution >= 4 is 6.03 Å². The predicted molar refractivity (Wildman–Crippen MR) is 81.7 cm³/mol. The Kier molecular flexibility index (Phi) is 6.24. The van der Waals surface area contributed by atoms with Gasteiger partial charge in [-0.3, -0.25) is 0 Å². The van der Waals surface area contributed by atoms with Crippen LogP contribution in [0.15, 0.2) is 18.3 Å². The van der Waals surface area contributed by atoms with Crippen molar-refractivity contribution in [2.45, 2.75) is 19.6 Å². The predicted octanol–water partition coefficient (Wildman–Crippen LogP) is 1.87. The number of carbonyl (C=O) groups is 1. The number of likely N-dealkylation sites (N-methyl/N-ethyl adjacent to an activating group) is 1. The van der Waals surface area contributed by atoms with Crippen LogP contribution < -0.4 is 10.1 Å². The molecule has 1 fully saturated rings. The Bertz CT molecular complexity index is 546. The van der Waals surface area contributed by atoms with Crippen LogP contribution in [0.25, 0.3) is 0 Å². The molecule has 1 aromatic heterocycles. The topological polar surface area (TPSA) is 57.7 Å². The molecule has 1 aliphatic heterocycles. The zero-order chi connectivity index (χ0) is 17.6. The molecule has 2 heterocycles. The van der Waals surface area contributed by atoms with E-state index in [-0.39, 0.29) is 18.5 Å². The van der Waals surface area contributed by atoms with Gasteiger partial charge in [-0.15, -0.1) is 0 Å². The molecule has 1 aromatic rings. The first-order chi connectivity index (χ1) is 11.4. The van der Waals surface area contributed by atoms with Crippen molar-refractivity contribution < 1.29 is 22.7 Å². The van der Waals surface area contributed by atoms with E-state index >= 15 is 0 Å². The average molecular weight is 346 g/mol. The number of halogens is 3. The first kappa shape index (κ1) is 18.3. The molecular weight excluding hydrogens is 325 g/mol. The van der Waals surface area contributed by atoms with Gasteiger partial charge in [-0.05, 0) is 18.2 Å². The van der Waals surface area contributed by atoms with Crippen molar-refractivity contribution in [1.29, 1.82) is 0 Å². The van der Waals surface area contributed by atoms with Crippen molar-refractivity contribution in [3.63, 3.8) is 0 Å². The molecule has 1 saturated heterocycles. The summed E-state index contributed by atoms with van der Waals surface area (Å²) in [4.78, 5) is 19.8. The van der Waals surface area contributed by atoms with E-state index in [0.29, 0.717) is 18.7 Å². The highest BCUT2D eigenvalue weighted by Crippen LogP contribution is 2.17. The fourth-order valence-corrected chi connectivity index (χ4v) is 2.35. The number of aromatic nitrogens is 1. The molecule has 0 saturated carbocycles. The lowest BCUT2D eigenvalue weighted by atomic mass is 10.2. The number of nitrogens with one attached hydrogen (secondary N) is 1. The Hall–Kier alpha value is -2.03. The summed E-state index contributed by atoms with van der Waals surface area (Å²) in [5.74, 6) is -0.115. The lowest BCUT2D eigenvalue weighted by molar-refractivity contribution is -0.154. The Labute approximate surface area is 138 Å². The number of rotatable bonds is 5. The molecule has 1 N–H and O–H groups in total. The highest BCUT2D eigenvalue weighted by molar-refractivity contribution is 5.74. The second-order valence-corrected chi connectivity index (χ2v) is 5.49. The van der Waals surface area contributed by atoms with Gasteiger partial charge in [0.15, 0.2) is 6.61 Å². The number of amides is 2. The largest absolute Gasteiger partial charge is 0.468 e. The van der Waals surface area contributed by atoms with Gasteiger partial charge in [0.2, 0.25) is 5.88 Å². The molecule has 2 rings (SSSR count). The Morgan fingerprint density at radius 3 is 2.67 bits per heavy atom. The minimum Gasteiger partial charge on any atom is -0.468 e. The standard InChI is InChI=1S/C15H21F3N4O2/c1-2-21-5-7-22(8-6-21)14(23)20-10-12-3-4-19-13(9-12)24-11-15(16,17)18/h3-4,9H,2,5-8,10-11H2,1H3,(H,20,23). The van der Waals surface area contributed by atoms with Crippen molar-refractivity contribution in [3.05, 3.63) is 23.9 Å². The summed E-state index contributed by atoms with van der Waals surface area (Å²) >= 11 is 0. The molecule has 134 valence electrons. The van der Waals surface area contributed by atoms with E-state index in [9.17, 15) is 18.0 Å². The second-order valence-electron chi connectivity index (χ2n) is 5.49. The summed E-state index contributed by atoms with van der Waals surface area (Å²) in [5, 5.41) is 2.76. The van der Waals surface area contributed by atoms with E-state index in [4.69, 9.17) is 0 Å². The molecule has 0 spiro atoms. The van der Waals surface area contributed by atoms with E-state index in [1.54, 1.807) is 11.0 Å². The molecule has 24 heavy (non-hydrogen) atoms. The van der Waals surface area contributed by atoms with Gasteiger partial charge in [-0.25, -0.2) is 9.78 Å². The molecule has 0 radical (unpaired) electrons. The Balaban J connectivity index is 1.80. The van der Waals surface area contributed by atoms with E-state index in [0.717, 1.165) is 19.6 Å². The number of hydrogen-bond donors (Lipinski definition) is 1. The number of alkyl halides is 3. The van der Waals surface area contributed by atoms with Gasteiger partial charge in [0.1, 0.15) is 0 Å². The molecule has 6 nitrogen and oxygen atoms in total. The zero-order valence-corrected chi connectivity index (χ0v) is 13.5. The van der Waals surface area contributed by atoms with Crippen LogP contribution in [0.3, 0.4) is 0 Å². The minimum absolute atomic E-state index is 0.115. The maximum absolute atomic E-state index is 12.1. The van der Waals surface area contributed by atoms with Gasteiger partial charge >= 0.3 is 12.2 Å². The molecule has 2 amide bonds. The van der Waals surface area contributed by atoms with Crippen molar-refractivity contribution in [2.75, 3.05) is 39.3 Å². The number of nitrogens with zero attached hydrogens (tertiary/aromatic N) is 3.